The molecular formula is C16H21ClN2O4. The van der Waals surface area contributed by atoms with Crippen molar-refractivity contribution in [1.29, 1.82) is 0 Å². The molecule has 0 aromatic carbocycles. The van der Waals surface area contributed by atoms with E-state index in [9.17, 15) is 9.59 Å². The summed E-state index contributed by atoms with van der Waals surface area (Å²) in [7, 11) is 1.28. The summed E-state index contributed by atoms with van der Waals surface area (Å²) in [6, 6.07) is 1.60. The van der Waals surface area contributed by atoms with Crippen molar-refractivity contribution in [2.45, 2.75) is 32.8 Å². The predicted molar refractivity (Wildman–Crippen MR) is 88.5 cm³/mol. The summed E-state index contributed by atoms with van der Waals surface area (Å²) in [6.45, 7) is 5.85. The summed E-state index contributed by atoms with van der Waals surface area (Å²) in [5, 5.41) is 2.75. The predicted octanol–water partition coefficient (Wildman–Crippen LogP) is 3.45. The molecule has 1 N–H and O–H groups in total. The van der Waals surface area contributed by atoms with Gasteiger partial charge in [0, 0.05) is 12.7 Å². The van der Waals surface area contributed by atoms with Crippen molar-refractivity contribution in [1.82, 2.24) is 10.3 Å². The van der Waals surface area contributed by atoms with Crippen LogP contribution in [0.25, 0.3) is 6.08 Å². The van der Waals surface area contributed by atoms with Gasteiger partial charge in [0.1, 0.15) is 10.8 Å². The van der Waals surface area contributed by atoms with E-state index in [1.807, 2.05) is 6.08 Å². The van der Waals surface area contributed by atoms with E-state index in [4.69, 9.17) is 16.3 Å². The van der Waals surface area contributed by atoms with Crippen molar-refractivity contribution in [3.63, 3.8) is 0 Å². The minimum Gasteiger partial charge on any atom is -0.465 e. The van der Waals surface area contributed by atoms with Gasteiger partial charge in [0.2, 0.25) is 0 Å². The number of hydrogen-bond acceptors (Lipinski definition) is 5. The molecule has 126 valence electrons. The first-order chi connectivity index (χ1) is 10.7. The summed E-state index contributed by atoms with van der Waals surface area (Å²) in [6.07, 6.45) is 5.34. The molecule has 0 aliphatic rings. The molecule has 0 saturated heterocycles. The number of esters is 1. The van der Waals surface area contributed by atoms with E-state index < -0.39 is 17.7 Å². The van der Waals surface area contributed by atoms with Gasteiger partial charge in [-0.2, -0.15) is 0 Å². The maximum atomic E-state index is 11.5. The number of hydrogen-bond donors (Lipinski definition) is 1. The molecule has 0 atom stereocenters. The van der Waals surface area contributed by atoms with Gasteiger partial charge in [0.05, 0.1) is 12.7 Å². The van der Waals surface area contributed by atoms with Crippen LogP contribution in [0.3, 0.4) is 0 Å². The van der Waals surface area contributed by atoms with Gasteiger partial charge in [-0.25, -0.2) is 14.6 Å². The zero-order valence-corrected chi connectivity index (χ0v) is 14.4. The minimum absolute atomic E-state index is 0.0978. The highest BCUT2D eigenvalue weighted by Crippen LogP contribution is 2.16. The Bertz CT molecular complexity index is 594. The van der Waals surface area contributed by atoms with Crippen molar-refractivity contribution in [2.24, 2.45) is 0 Å². The van der Waals surface area contributed by atoms with Crippen molar-refractivity contribution in [3.05, 3.63) is 34.6 Å². The Hall–Kier alpha value is -2.08. The van der Waals surface area contributed by atoms with Gasteiger partial charge in [-0.05, 0) is 38.8 Å². The molecule has 1 heterocycles. The van der Waals surface area contributed by atoms with E-state index in [0.717, 1.165) is 0 Å². The van der Waals surface area contributed by atoms with Crippen LogP contribution >= 0.6 is 11.6 Å². The third-order valence-corrected chi connectivity index (χ3v) is 2.86. The Kier molecular flexibility index (Phi) is 7.03. The summed E-state index contributed by atoms with van der Waals surface area (Å²) >= 11 is 5.84. The number of alkyl carbamates (subject to hydrolysis) is 1. The van der Waals surface area contributed by atoms with Crippen LogP contribution in [0.5, 0.6) is 0 Å². The first kappa shape index (κ1) is 19.0. The highest BCUT2D eigenvalue weighted by Gasteiger charge is 2.15. The molecule has 0 saturated carbocycles. The van der Waals surface area contributed by atoms with Crippen molar-refractivity contribution < 1.29 is 19.1 Å². The van der Waals surface area contributed by atoms with Gasteiger partial charge < -0.3 is 14.8 Å². The number of halogens is 1. The molecule has 23 heavy (non-hydrogen) atoms. The number of nitrogens with zero attached hydrogens (tertiary/aromatic N) is 1. The van der Waals surface area contributed by atoms with Gasteiger partial charge in [-0.15, -0.1) is 0 Å². The van der Waals surface area contributed by atoms with Crippen LogP contribution in [0.2, 0.25) is 5.15 Å². The van der Waals surface area contributed by atoms with Crippen LogP contribution in [-0.4, -0.2) is 36.3 Å². The number of carbonyl (C=O) groups excluding carboxylic acids is 2. The van der Waals surface area contributed by atoms with Crippen LogP contribution in [0.4, 0.5) is 4.79 Å². The standard InChI is InChI=1S/C16H21ClN2O4/c1-16(2,3)23-15(21)18-8-6-5-7-11-9-12(14(20)22-4)13(17)19-10-11/h5,7,9-10H,6,8H2,1-4H3,(H,18,21). The van der Waals surface area contributed by atoms with Gasteiger partial charge in [0.25, 0.3) is 0 Å². The number of carbonyl (C=O) groups is 2. The molecule has 7 heteroatoms. The van der Waals surface area contributed by atoms with E-state index in [2.05, 4.69) is 15.0 Å². The van der Waals surface area contributed by atoms with E-state index in [0.29, 0.717) is 18.5 Å². The van der Waals surface area contributed by atoms with Crippen LogP contribution in [0, 0.1) is 0 Å². The molecule has 1 rings (SSSR count). The first-order valence-electron chi connectivity index (χ1n) is 7.10. The Labute approximate surface area is 140 Å². The lowest BCUT2D eigenvalue weighted by Crippen LogP contribution is -2.32. The smallest absolute Gasteiger partial charge is 0.407 e. The second-order valence-electron chi connectivity index (χ2n) is 5.72. The third kappa shape index (κ3) is 7.15. The van der Waals surface area contributed by atoms with Crippen LogP contribution in [0.15, 0.2) is 18.3 Å². The Morgan fingerprint density at radius 3 is 2.70 bits per heavy atom. The number of aromatic nitrogens is 1. The monoisotopic (exact) mass is 340 g/mol. The van der Waals surface area contributed by atoms with Crippen LogP contribution in [0.1, 0.15) is 43.1 Å². The van der Waals surface area contributed by atoms with Crippen molar-refractivity contribution >= 4 is 29.7 Å². The number of amides is 1. The molecular weight excluding hydrogens is 320 g/mol. The molecule has 0 aliphatic heterocycles. The van der Waals surface area contributed by atoms with Gasteiger partial charge >= 0.3 is 12.1 Å². The Morgan fingerprint density at radius 2 is 2.09 bits per heavy atom. The van der Waals surface area contributed by atoms with E-state index >= 15 is 0 Å². The molecule has 1 amide bonds. The number of rotatable bonds is 5. The maximum absolute atomic E-state index is 11.5. The van der Waals surface area contributed by atoms with Crippen LogP contribution < -0.4 is 5.32 Å². The second-order valence-corrected chi connectivity index (χ2v) is 6.08. The zero-order chi connectivity index (χ0) is 17.5. The molecule has 1 aromatic heterocycles. The minimum atomic E-state index is -0.538. The number of nitrogens with one attached hydrogen (secondary N) is 1. The maximum Gasteiger partial charge on any atom is 0.407 e. The normalized spacial score (nSPS) is 11.3. The molecule has 0 aliphatic carbocycles. The second kappa shape index (κ2) is 8.53. The van der Waals surface area contributed by atoms with Gasteiger partial charge in [-0.3, -0.25) is 0 Å². The fourth-order valence-corrected chi connectivity index (χ4v) is 1.78. The van der Waals surface area contributed by atoms with Crippen molar-refractivity contribution in [2.75, 3.05) is 13.7 Å². The van der Waals surface area contributed by atoms with E-state index in [-0.39, 0.29) is 10.7 Å². The molecule has 6 nitrogen and oxygen atoms in total. The summed E-state index contributed by atoms with van der Waals surface area (Å²) in [5.74, 6) is -0.538. The molecule has 0 spiro atoms. The number of methoxy groups -OCH3 is 1. The molecule has 0 radical (unpaired) electrons. The fraction of sp³-hybridized carbons (Fsp3) is 0.438. The topological polar surface area (TPSA) is 77.5 Å². The summed E-state index contributed by atoms with van der Waals surface area (Å²) in [5.41, 5.74) is 0.411. The lowest BCUT2D eigenvalue weighted by atomic mass is 10.2. The Balaban J connectivity index is 2.50. The number of ether oxygens (including phenoxy) is 2. The van der Waals surface area contributed by atoms with Crippen molar-refractivity contribution in [3.8, 4) is 0 Å². The fourth-order valence-electron chi connectivity index (χ4n) is 1.60. The third-order valence-electron chi connectivity index (χ3n) is 2.56. The molecule has 1 aromatic rings. The average molecular weight is 341 g/mol. The SMILES string of the molecule is COC(=O)c1cc(C=CCCNC(=O)OC(C)(C)C)cnc1Cl. The summed E-state index contributed by atoms with van der Waals surface area (Å²) in [4.78, 5) is 26.9. The Morgan fingerprint density at radius 1 is 1.39 bits per heavy atom. The lowest BCUT2D eigenvalue weighted by Gasteiger charge is -2.19. The quantitative estimate of drug-likeness (QED) is 0.504. The average Bonchev–Trinajstić information content (AvgIpc) is 2.45. The van der Waals surface area contributed by atoms with E-state index in [1.54, 1.807) is 39.1 Å². The van der Waals surface area contributed by atoms with Gasteiger partial charge in [0.15, 0.2) is 0 Å². The largest absolute Gasteiger partial charge is 0.465 e. The molecule has 0 fully saturated rings. The first-order valence-corrected chi connectivity index (χ1v) is 7.48. The lowest BCUT2D eigenvalue weighted by molar-refractivity contribution is 0.0527. The molecule has 0 unspecified atom stereocenters. The summed E-state index contributed by atoms with van der Waals surface area (Å²) < 4.78 is 9.75. The van der Waals surface area contributed by atoms with E-state index in [1.165, 1.54) is 7.11 Å². The van der Waals surface area contributed by atoms with Crippen LogP contribution in [-0.2, 0) is 9.47 Å². The highest BCUT2D eigenvalue weighted by molar-refractivity contribution is 6.32. The number of pyridine rings is 1. The highest BCUT2D eigenvalue weighted by atomic mass is 35.5. The zero-order valence-electron chi connectivity index (χ0n) is 13.7. The van der Waals surface area contributed by atoms with Gasteiger partial charge in [-0.1, -0.05) is 23.8 Å². The molecule has 0 bridgehead atoms.